The Hall–Kier alpha value is -1.58. The van der Waals surface area contributed by atoms with Crippen LogP contribution < -0.4 is 0 Å². The van der Waals surface area contributed by atoms with Crippen molar-refractivity contribution in [3.8, 4) is 0 Å². The molecule has 0 N–H and O–H groups in total. The first-order valence-corrected chi connectivity index (χ1v) is 3.39. The SMILES string of the molecule is CCOC=O.O=Cc1ccco1. The predicted octanol–water partition coefficient (Wildman–Crippen LogP) is 1.27. The van der Waals surface area contributed by atoms with Crippen LogP contribution in [0.2, 0.25) is 0 Å². The molecule has 66 valence electrons. The van der Waals surface area contributed by atoms with Crippen LogP contribution in [0.5, 0.6) is 0 Å². The second-order valence-electron chi connectivity index (χ2n) is 1.68. The first-order valence-electron chi connectivity index (χ1n) is 3.39. The maximum atomic E-state index is 9.77. The fourth-order valence-electron chi connectivity index (χ4n) is 0.426. The molecule has 0 aliphatic rings. The highest BCUT2D eigenvalue weighted by atomic mass is 16.5. The maximum absolute atomic E-state index is 9.77. The Balaban J connectivity index is 0.000000217. The summed E-state index contributed by atoms with van der Waals surface area (Å²) in [5.74, 6) is 0.375. The third-order valence-corrected chi connectivity index (χ3v) is 0.894. The number of hydrogen-bond donors (Lipinski definition) is 0. The van der Waals surface area contributed by atoms with E-state index in [0.29, 0.717) is 25.1 Å². The number of carbonyl (C=O) groups excluding carboxylic acids is 2. The van der Waals surface area contributed by atoms with E-state index >= 15 is 0 Å². The lowest BCUT2D eigenvalue weighted by atomic mass is 10.5. The van der Waals surface area contributed by atoms with Gasteiger partial charge in [-0.2, -0.15) is 0 Å². The van der Waals surface area contributed by atoms with Crippen LogP contribution in [0.1, 0.15) is 17.5 Å². The number of aldehydes is 1. The fraction of sp³-hybridized carbons (Fsp3) is 0.250. The summed E-state index contributed by atoms with van der Waals surface area (Å²) < 4.78 is 8.77. The Morgan fingerprint density at radius 1 is 1.58 bits per heavy atom. The lowest BCUT2D eigenvalue weighted by Gasteiger charge is -1.79. The number of ether oxygens (including phenoxy) is 1. The molecule has 1 aromatic rings. The van der Waals surface area contributed by atoms with E-state index in [1.165, 1.54) is 6.26 Å². The molecule has 0 saturated heterocycles. The molecule has 0 spiro atoms. The second-order valence-corrected chi connectivity index (χ2v) is 1.68. The molecule has 0 radical (unpaired) electrons. The van der Waals surface area contributed by atoms with Crippen molar-refractivity contribution in [2.24, 2.45) is 0 Å². The zero-order valence-corrected chi connectivity index (χ0v) is 6.73. The average Bonchev–Trinajstić information content (AvgIpc) is 2.58. The summed E-state index contributed by atoms with van der Waals surface area (Å²) >= 11 is 0. The van der Waals surface area contributed by atoms with E-state index in [9.17, 15) is 9.59 Å². The van der Waals surface area contributed by atoms with Gasteiger partial charge in [-0.15, -0.1) is 0 Å². The van der Waals surface area contributed by atoms with Crippen molar-refractivity contribution < 1.29 is 18.7 Å². The average molecular weight is 170 g/mol. The minimum absolute atomic E-state index is 0.375. The smallest absolute Gasteiger partial charge is 0.293 e. The lowest BCUT2D eigenvalue weighted by molar-refractivity contribution is -0.128. The van der Waals surface area contributed by atoms with Gasteiger partial charge in [0.2, 0.25) is 0 Å². The summed E-state index contributed by atoms with van der Waals surface area (Å²) in [7, 11) is 0. The number of rotatable bonds is 3. The van der Waals surface area contributed by atoms with E-state index in [1.54, 1.807) is 19.1 Å². The van der Waals surface area contributed by atoms with Crippen molar-refractivity contribution in [3.05, 3.63) is 24.2 Å². The number of furan rings is 1. The zero-order chi connectivity index (χ0) is 9.23. The Kier molecular flexibility index (Phi) is 6.54. The Bertz CT molecular complexity index is 203. The number of carbonyl (C=O) groups is 2. The largest absolute Gasteiger partial charge is 0.468 e. The van der Waals surface area contributed by atoms with Crippen molar-refractivity contribution >= 4 is 12.8 Å². The van der Waals surface area contributed by atoms with Crippen LogP contribution in [-0.2, 0) is 9.53 Å². The lowest BCUT2D eigenvalue weighted by Crippen LogP contribution is -1.80. The van der Waals surface area contributed by atoms with E-state index in [-0.39, 0.29) is 0 Å². The van der Waals surface area contributed by atoms with E-state index in [4.69, 9.17) is 0 Å². The zero-order valence-electron chi connectivity index (χ0n) is 6.73. The highest BCUT2D eigenvalue weighted by molar-refractivity contribution is 5.69. The van der Waals surface area contributed by atoms with E-state index in [0.717, 1.165) is 0 Å². The number of hydrogen-bond acceptors (Lipinski definition) is 4. The molecule has 0 amide bonds. The molecule has 0 bridgehead atoms. The van der Waals surface area contributed by atoms with Gasteiger partial charge in [-0.25, -0.2) is 0 Å². The third-order valence-electron chi connectivity index (χ3n) is 0.894. The normalized spacial score (nSPS) is 7.75. The van der Waals surface area contributed by atoms with Crippen molar-refractivity contribution in [3.63, 3.8) is 0 Å². The first kappa shape index (κ1) is 10.4. The van der Waals surface area contributed by atoms with Crippen LogP contribution in [0.3, 0.4) is 0 Å². The topological polar surface area (TPSA) is 56.5 Å². The first-order chi connectivity index (χ1) is 5.85. The Morgan fingerprint density at radius 3 is 2.50 bits per heavy atom. The summed E-state index contributed by atoms with van der Waals surface area (Å²) in [6.45, 7) is 2.66. The van der Waals surface area contributed by atoms with Crippen molar-refractivity contribution in [1.82, 2.24) is 0 Å². The molecular weight excluding hydrogens is 160 g/mol. The molecule has 1 aromatic heterocycles. The van der Waals surface area contributed by atoms with Crippen molar-refractivity contribution in [2.75, 3.05) is 6.61 Å². The Labute approximate surface area is 70.1 Å². The van der Waals surface area contributed by atoms with Crippen LogP contribution in [0.25, 0.3) is 0 Å². The molecule has 4 heteroatoms. The highest BCUT2D eigenvalue weighted by Gasteiger charge is 1.84. The molecule has 1 heterocycles. The predicted molar refractivity (Wildman–Crippen MR) is 41.8 cm³/mol. The van der Waals surface area contributed by atoms with E-state index in [1.807, 2.05) is 0 Å². The van der Waals surface area contributed by atoms with Gasteiger partial charge < -0.3 is 9.15 Å². The van der Waals surface area contributed by atoms with Crippen LogP contribution in [0.4, 0.5) is 0 Å². The molecule has 4 nitrogen and oxygen atoms in total. The van der Waals surface area contributed by atoms with Gasteiger partial charge in [0, 0.05) is 0 Å². The molecule has 0 unspecified atom stereocenters. The highest BCUT2D eigenvalue weighted by Crippen LogP contribution is 1.92. The van der Waals surface area contributed by atoms with E-state index in [2.05, 4.69) is 9.15 Å². The third kappa shape index (κ3) is 5.22. The van der Waals surface area contributed by atoms with Crippen LogP contribution >= 0.6 is 0 Å². The summed E-state index contributed by atoms with van der Waals surface area (Å²) in [6, 6.07) is 3.27. The van der Waals surface area contributed by atoms with Crippen molar-refractivity contribution in [1.29, 1.82) is 0 Å². The fourth-order valence-corrected chi connectivity index (χ4v) is 0.426. The molecule has 0 aromatic carbocycles. The molecule has 1 rings (SSSR count). The molecular formula is C8H10O4. The maximum Gasteiger partial charge on any atom is 0.293 e. The van der Waals surface area contributed by atoms with E-state index < -0.39 is 0 Å². The van der Waals surface area contributed by atoms with Gasteiger partial charge >= 0.3 is 0 Å². The molecule has 0 fully saturated rings. The standard InChI is InChI=1S/C5H4O2.C3H6O2/c6-4-5-2-1-3-7-5;1-2-5-3-4/h1-4H;3H,2H2,1H3. The van der Waals surface area contributed by atoms with Gasteiger partial charge in [-0.1, -0.05) is 0 Å². The summed E-state index contributed by atoms with van der Waals surface area (Å²) in [4.78, 5) is 19.0. The molecule has 0 saturated carbocycles. The van der Waals surface area contributed by atoms with Gasteiger partial charge in [0.15, 0.2) is 12.0 Å². The summed E-state index contributed by atoms with van der Waals surface area (Å²) in [5.41, 5.74) is 0. The molecule has 0 aliphatic carbocycles. The minimum atomic E-state index is 0.375. The van der Waals surface area contributed by atoms with Crippen molar-refractivity contribution in [2.45, 2.75) is 6.92 Å². The van der Waals surface area contributed by atoms with Gasteiger partial charge in [0.05, 0.1) is 12.9 Å². The molecule has 0 atom stereocenters. The van der Waals surface area contributed by atoms with Gasteiger partial charge in [0.25, 0.3) is 6.47 Å². The summed E-state index contributed by atoms with van der Waals surface area (Å²) in [5, 5.41) is 0. The van der Waals surface area contributed by atoms with Crippen LogP contribution in [-0.4, -0.2) is 19.4 Å². The minimum Gasteiger partial charge on any atom is -0.468 e. The van der Waals surface area contributed by atoms with Crippen LogP contribution in [0.15, 0.2) is 22.8 Å². The molecule has 12 heavy (non-hydrogen) atoms. The Morgan fingerprint density at radius 2 is 2.33 bits per heavy atom. The van der Waals surface area contributed by atoms with Gasteiger partial charge in [-0.3, -0.25) is 9.59 Å². The monoisotopic (exact) mass is 170 g/mol. The second kappa shape index (κ2) is 7.53. The molecule has 0 aliphatic heterocycles. The summed E-state index contributed by atoms with van der Waals surface area (Å²) in [6.07, 6.45) is 2.13. The quantitative estimate of drug-likeness (QED) is 0.641. The van der Waals surface area contributed by atoms with Crippen LogP contribution in [0, 0.1) is 0 Å². The van der Waals surface area contributed by atoms with Gasteiger partial charge in [-0.05, 0) is 19.1 Å². The van der Waals surface area contributed by atoms with Gasteiger partial charge in [0.1, 0.15) is 0 Å².